The van der Waals surface area contributed by atoms with E-state index in [4.69, 9.17) is 0 Å². The molecule has 0 radical (unpaired) electrons. The van der Waals surface area contributed by atoms with Gasteiger partial charge in [-0.2, -0.15) is 4.31 Å². The van der Waals surface area contributed by atoms with Crippen molar-refractivity contribution >= 4 is 43.2 Å². The Hall–Kier alpha value is -1.22. The number of thiophene rings is 1. The summed E-state index contributed by atoms with van der Waals surface area (Å²) in [6.07, 6.45) is 4.65. The standard InChI is InChI=1S/C19H23BrN2O3S2/c20-18-9-8-16(26-18)10-11-21-19(23)15-6-5-7-17(14-15)27(24,25)22-12-3-1-2-4-13-22/h5-9,14H,1-4,10-13H2,(H,21,23). The Morgan fingerprint density at radius 1 is 1.11 bits per heavy atom. The summed E-state index contributed by atoms with van der Waals surface area (Å²) in [4.78, 5) is 13.8. The molecule has 1 aromatic carbocycles. The molecule has 2 heterocycles. The van der Waals surface area contributed by atoms with Gasteiger partial charge in [0.25, 0.3) is 5.91 Å². The molecule has 8 heteroatoms. The highest BCUT2D eigenvalue weighted by Crippen LogP contribution is 2.23. The number of halogens is 1. The van der Waals surface area contributed by atoms with E-state index in [1.54, 1.807) is 33.8 Å². The number of hydrogen-bond donors (Lipinski definition) is 1. The van der Waals surface area contributed by atoms with Crippen LogP contribution >= 0.6 is 27.3 Å². The summed E-state index contributed by atoms with van der Waals surface area (Å²) in [7, 11) is -3.55. The van der Waals surface area contributed by atoms with Crippen LogP contribution in [0.4, 0.5) is 0 Å². The zero-order valence-electron chi connectivity index (χ0n) is 15.0. The summed E-state index contributed by atoms with van der Waals surface area (Å²) < 4.78 is 28.4. The highest BCUT2D eigenvalue weighted by Gasteiger charge is 2.25. The predicted octanol–water partition coefficient (Wildman–Crippen LogP) is 4.05. The van der Waals surface area contributed by atoms with Crippen molar-refractivity contribution in [1.29, 1.82) is 0 Å². The van der Waals surface area contributed by atoms with Crippen LogP contribution in [-0.2, 0) is 16.4 Å². The lowest BCUT2D eigenvalue weighted by atomic mass is 10.2. The fourth-order valence-corrected chi connectivity index (χ4v) is 6.16. The van der Waals surface area contributed by atoms with E-state index >= 15 is 0 Å². The molecule has 5 nitrogen and oxygen atoms in total. The number of carbonyl (C=O) groups excluding carboxylic acids is 1. The van der Waals surface area contributed by atoms with E-state index in [-0.39, 0.29) is 10.8 Å². The Bertz CT molecular complexity index is 888. The quantitative estimate of drug-likeness (QED) is 0.692. The van der Waals surface area contributed by atoms with Gasteiger partial charge in [-0.3, -0.25) is 4.79 Å². The largest absolute Gasteiger partial charge is 0.352 e. The Balaban J connectivity index is 1.65. The molecule has 1 saturated heterocycles. The van der Waals surface area contributed by atoms with Crippen molar-refractivity contribution in [1.82, 2.24) is 9.62 Å². The van der Waals surface area contributed by atoms with Gasteiger partial charge < -0.3 is 5.32 Å². The van der Waals surface area contributed by atoms with Gasteiger partial charge in [0.05, 0.1) is 8.68 Å². The first-order valence-corrected chi connectivity index (χ1v) is 12.1. The minimum absolute atomic E-state index is 0.194. The van der Waals surface area contributed by atoms with Gasteiger partial charge in [0.15, 0.2) is 0 Å². The molecule has 0 saturated carbocycles. The van der Waals surface area contributed by atoms with Gasteiger partial charge in [0.2, 0.25) is 10.0 Å². The second kappa shape index (κ2) is 9.32. The first-order valence-electron chi connectivity index (χ1n) is 9.09. The van der Waals surface area contributed by atoms with Crippen LogP contribution in [0.15, 0.2) is 45.1 Å². The van der Waals surface area contributed by atoms with E-state index in [9.17, 15) is 13.2 Å². The zero-order chi connectivity index (χ0) is 19.3. The summed E-state index contributed by atoms with van der Waals surface area (Å²) in [5.74, 6) is -0.251. The van der Waals surface area contributed by atoms with Gasteiger partial charge in [-0.15, -0.1) is 11.3 Å². The molecule has 1 aliphatic heterocycles. The fraction of sp³-hybridized carbons (Fsp3) is 0.421. The third-order valence-corrected chi connectivity index (χ3v) is 8.16. The monoisotopic (exact) mass is 470 g/mol. The molecule has 146 valence electrons. The summed E-state index contributed by atoms with van der Waals surface area (Å²) in [5.41, 5.74) is 0.373. The molecule has 1 aromatic heterocycles. The minimum atomic E-state index is -3.55. The van der Waals surface area contributed by atoms with E-state index in [1.807, 2.05) is 12.1 Å². The molecular weight excluding hydrogens is 448 g/mol. The van der Waals surface area contributed by atoms with Gasteiger partial charge in [0.1, 0.15) is 0 Å². The molecular formula is C19H23BrN2O3S2. The SMILES string of the molecule is O=C(NCCc1ccc(Br)s1)c1cccc(S(=O)(=O)N2CCCCCC2)c1. The third-order valence-electron chi connectivity index (χ3n) is 4.58. The number of carbonyl (C=O) groups is 1. The van der Waals surface area contributed by atoms with Crippen LogP contribution in [0, 0.1) is 0 Å². The number of sulfonamides is 1. The third kappa shape index (κ3) is 5.40. The lowest BCUT2D eigenvalue weighted by Crippen LogP contribution is -2.32. The van der Waals surface area contributed by atoms with Gasteiger partial charge in [-0.1, -0.05) is 18.9 Å². The lowest BCUT2D eigenvalue weighted by Gasteiger charge is -2.20. The van der Waals surface area contributed by atoms with Crippen LogP contribution < -0.4 is 5.32 Å². The highest BCUT2D eigenvalue weighted by atomic mass is 79.9. The maximum atomic E-state index is 12.9. The average Bonchev–Trinajstić information content (AvgIpc) is 2.90. The number of hydrogen-bond acceptors (Lipinski definition) is 4. The normalized spacial score (nSPS) is 16.0. The maximum Gasteiger partial charge on any atom is 0.251 e. The van der Waals surface area contributed by atoms with Crippen LogP contribution in [-0.4, -0.2) is 38.3 Å². The smallest absolute Gasteiger partial charge is 0.251 e. The van der Waals surface area contributed by atoms with Crippen LogP contribution in [0.25, 0.3) is 0 Å². The molecule has 2 aromatic rings. The van der Waals surface area contributed by atoms with Crippen molar-refractivity contribution in [3.63, 3.8) is 0 Å². The molecule has 1 N–H and O–H groups in total. The molecule has 3 rings (SSSR count). The first-order chi connectivity index (χ1) is 13.0. The van der Waals surface area contributed by atoms with Gasteiger partial charge >= 0.3 is 0 Å². The van der Waals surface area contributed by atoms with Gasteiger partial charge in [-0.25, -0.2) is 8.42 Å². The lowest BCUT2D eigenvalue weighted by molar-refractivity contribution is 0.0954. The molecule has 1 amide bonds. The van der Waals surface area contributed by atoms with E-state index in [1.165, 1.54) is 10.9 Å². The average molecular weight is 471 g/mol. The molecule has 0 bridgehead atoms. The Labute approximate surface area is 173 Å². The van der Waals surface area contributed by atoms with E-state index in [0.29, 0.717) is 25.2 Å². The predicted molar refractivity (Wildman–Crippen MR) is 112 cm³/mol. The topological polar surface area (TPSA) is 66.5 Å². The molecule has 0 unspecified atom stereocenters. The Kier molecular flexibility index (Phi) is 7.08. The Morgan fingerprint density at radius 2 is 1.85 bits per heavy atom. The van der Waals surface area contributed by atoms with Crippen LogP contribution in [0.2, 0.25) is 0 Å². The molecule has 27 heavy (non-hydrogen) atoms. The first kappa shape index (κ1) is 20.5. The summed E-state index contributed by atoms with van der Waals surface area (Å²) in [5, 5.41) is 2.87. The van der Waals surface area contributed by atoms with Crippen molar-refractivity contribution in [2.75, 3.05) is 19.6 Å². The number of rotatable bonds is 6. The van der Waals surface area contributed by atoms with Crippen molar-refractivity contribution in [3.05, 3.63) is 50.6 Å². The van der Waals surface area contributed by atoms with Gasteiger partial charge in [-0.05, 0) is 65.5 Å². The van der Waals surface area contributed by atoms with Crippen LogP contribution in [0.3, 0.4) is 0 Å². The number of nitrogens with zero attached hydrogens (tertiary/aromatic N) is 1. The van der Waals surface area contributed by atoms with Crippen molar-refractivity contribution in [2.45, 2.75) is 37.0 Å². The highest BCUT2D eigenvalue weighted by molar-refractivity contribution is 9.11. The van der Waals surface area contributed by atoms with Crippen LogP contribution in [0.5, 0.6) is 0 Å². The van der Waals surface area contributed by atoms with E-state index in [2.05, 4.69) is 21.2 Å². The van der Waals surface area contributed by atoms with Crippen LogP contribution in [0.1, 0.15) is 40.9 Å². The van der Waals surface area contributed by atoms with Gasteiger partial charge in [0, 0.05) is 30.1 Å². The second-order valence-electron chi connectivity index (χ2n) is 6.56. The van der Waals surface area contributed by atoms with E-state index in [0.717, 1.165) is 35.9 Å². The number of benzene rings is 1. The minimum Gasteiger partial charge on any atom is -0.352 e. The summed E-state index contributed by atoms with van der Waals surface area (Å²) in [6, 6.07) is 10.3. The maximum absolute atomic E-state index is 12.9. The fourth-order valence-electron chi connectivity index (χ4n) is 3.12. The van der Waals surface area contributed by atoms with Crippen molar-refractivity contribution < 1.29 is 13.2 Å². The molecule has 1 aliphatic rings. The molecule has 1 fully saturated rings. The molecule has 0 aliphatic carbocycles. The van der Waals surface area contributed by atoms with Crippen molar-refractivity contribution in [2.24, 2.45) is 0 Å². The van der Waals surface area contributed by atoms with E-state index < -0.39 is 10.0 Å². The zero-order valence-corrected chi connectivity index (χ0v) is 18.2. The number of nitrogens with one attached hydrogen (secondary N) is 1. The summed E-state index contributed by atoms with van der Waals surface area (Å²) >= 11 is 5.06. The Morgan fingerprint density at radius 3 is 2.52 bits per heavy atom. The number of amides is 1. The molecule has 0 spiro atoms. The second-order valence-corrected chi connectivity index (χ2v) is 11.0. The summed E-state index contributed by atoms with van der Waals surface area (Å²) in [6.45, 7) is 1.61. The molecule has 0 atom stereocenters. The van der Waals surface area contributed by atoms with Crippen molar-refractivity contribution in [3.8, 4) is 0 Å².